The zero-order valence-electron chi connectivity index (χ0n) is 21.0. The van der Waals surface area contributed by atoms with Crippen molar-refractivity contribution in [2.75, 3.05) is 32.5 Å². The van der Waals surface area contributed by atoms with Crippen molar-refractivity contribution in [3.05, 3.63) is 48.5 Å². The summed E-state index contributed by atoms with van der Waals surface area (Å²) in [4.78, 5) is 22.4. The molecule has 8 nitrogen and oxygen atoms in total. The summed E-state index contributed by atoms with van der Waals surface area (Å²) < 4.78 is 7.40. The van der Waals surface area contributed by atoms with Crippen LogP contribution in [0.3, 0.4) is 0 Å². The highest BCUT2D eigenvalue weighted by Gasteiger charge is 2.30. The fraction of sp³-hybridized carbons (Fsp3) is 0.519. The predicted molar refractivity (Wildman–Crippen MR) is 141 cm³/mol. The molecular formula is C27H36N4O4S. The van der Waals surface area contributed by atoms with Gasteiger partial charge < -0.3 is 24.4 Å². The molecule has 9 heteroatoms. The molecule has 4 rings (SSSR count). The number of hydrogen-bond donors (Lipinski definition) is 2. The normalized spacial score (nSPS) is 19.4. The summed E-state index contributed by atoms with van der Waals surface area (Å²) in [5.41, 5.74) is 1.70. The van der Waals surface area contributed by atoms with Gasteiger partial charge in [-0.25, -0.2) is 4.98 Å². The molecule has 3 atom stereocenters. The number of piperidine rings is 1. The van der Waals surface area contributed by atoms with Crippen LogP contribution in [0, 0.1) is 11.8 Å². The maximum Gasteiger partial charge on any atom is 0.303 e. The van der Waals surface area contributed by atoms with Crippen LogP contribution >= 0.6 is 11.8 Å². The number of thioether (sulfide) groups is 1. The van der Waals surface area contributed by atoms with Gasteiger partial charge in [0.15, 0.2) is 0 Å². The number of carboxylic acid groups (broad SMARTS) is 1. The quantitative estimate of drug-likeness (QED) is 0.345. The van der Waals surface area contributed by atoms with Crippen molar-refractivity contribution >= 4 is 28.6 Å². The fourth-order valence-electron chi connectivity index (χ4n) is 5.23. The maximum atomic E-state index is 11.3. The number of imidazole rings is 1. The first-order valence-corrected chi connectivity index (χ1v) is 13.6. The number of ether oxygens (including phenoxy) is 1. The number of pyridine rings is 1. The summed E-state index contributed by atoms with van der Waals surface area (Å²) >= 11 is 1.80. The summed E-state index contributed by atoms with van der Waals surface area (Å²) in [7, 11) is 3.64. The molecular weight excluding hydrogens is 476 g/mol. The number of aliphatic hydroxyl groups excluding tert-OH is 1. The summed E-state index contributed by atoms with van der Waals surface area (Å²) in [5.74, 6) is 1.70. The molecule has 0 spiro atoms. The van der Waals surface area contributed by atoms with Gasteiger partial charge in [0.25, 0.3) is 0 Å². The third-order valence-corrected chi connectivity index (χ3v) is 8.36. The summed E-state index contributed by atoms with van der Waals surface area (Å²) in [6, 6.07) is 7.60. The van der Waals surface area contributed by atoms with Crippen molar-refractivity contribution in [2.45, 2.75) is 43.2 Å². The highest BCUT2D eigenvalue weighted by molar-refractivity contribution is 7.99. The van der Waals surface area contributed by atoms with Crippen molar-refractivity contribution in [1.29, 1.82) is 0 Å². The van der Waals surface area contributed by atoms with E-state index in [9.17, 15) is 15.0 Å². The lowest BCUT2D eigenvalue weighted by Crippen LogP contribution is -2.41. The summed E-state index contributed by atoms with van der Waals surface area (Å²) in [6.07, 6.45) is 8.25. The standard InChI is InChI=1S/C27H36N4O4S/c1-30-18-28-16-26(30)36-14-13-31-12-10-19(20(17-31)4-8-27(33)34)3-7-25(32)22-9-11-29-24-6-5-21(35-2)15-23(22)24/h5-6,9,11,15-16,18-20,25,32H,3-4,7-8,10,12-14,17H2,1-2H3,(H,33,34)/t19-,20-,25-/m1/s1. The Balaban J connectivity index is 1.36. The van der Waals surface area contributed by atoms with E-state index in [1.165, 1.54) is 0 Å². The van der Waals surface area contributed by atoms with Crippen LogP contribution in [-0.2, 0) is 11.8 Å². The Bertz CT molecular complexity index is 1150. The number of rotatable bonds is 12. The third-order valence-electron chi connectivity index (χ3n) is 7.29. The van der Waals surface area contributed by atoms with Gasteiger partial charge in [0, 0.05) is 43.9 Å². The van der Waals surface area contributed by atoms with E-state index >= 15 is 0 Å². The number of aryl methyl sites for hydroxylation is 1. The molecule has 0 aliphatic carbocycles. The molecule has 0 saturated carbocycles. The molecule has 1 aliphatic heterocycles. The molecule has 3 aromatic rings. The molecule has 2 aromatic heterocycles. The van der Waals surface area contributed by atoms with Gasteiger partial charge in [0.2, 0.25) is 0 Å². The Morgan fingerprint density at radius 1 is 1.28 bits per heavy atom. The van der Waals surface area contributed by atoms with Gasteiger partial charge in [-0.2, -0.15) is 0 Å². The lowest BCUT2D eigenvalue weighted by molar-refractivity contribution is -0.137. The highest BCUT2D eigenvalue weighted by Crippen LogP contribution is 2.35. The van der Waals surface area contributed by atoms with Crippen LogP contribution in [0.2, 0.25) is 0 Å². The molecule has 194 valence electrons. The van der Waals surface area contributed by atoms with Crippen LogP contribution in [0.1, 0.15) is 43.8 Å². The number of carbonyl (C=O) groups is 1. The molecule has 1 fully saturated rings. The van der Waals surface area contributed by atoms with E-state index in [1.54, 1.807) is 25.1 Å². The predicted octanol–water partition coefficient (Wildman–Crippen LogP) is 4.39. The van der Waals surface area contributed by atoms with Crippen LogP contribution in [0.4, 0.5) is 0 Å². The summed E-state index contributed by atoms with van der Waals surface area (Å²) in [6.45, 7) is 2.89. The Morgan fingerprint density at radius 2 is 2.14 bits per heavy atom. The molecule has 3 heterocycles. The first-order valence-electron chi connectivity index (χ1n) is 12.6. The molecule has 0 radical (unpaired) electrons. The van der Waals surface area contributed by atoms with Gasteiger partial charge in [0.05, 0.1) is 36.3 Å². The number of carboxylic acids is 1. The highest BCUT2D eigenvalue weighted by atomic mass is 32.2. The molecule has 1 aromatic carbocycles. The van der Waals surface area contributed by atoms with E-state index in [4.69, 9.17) is 4.74 Å². The minimum absolute atomic E-state index is 0.191. The van der Waals surface area contributed by atoms with Crippen molar-refractivity contribution in [3.8, 4) is 5.75 Å². The SMILES string of the molecule is COc1ccc2nccc([C@H](O)CC[C@@H]3CCN(CCSc4cncn4C)C[C@H]3CCC(=O)O)c2c1. The lowest BCUT2D eigenvalue weighted by atomic mass is 9.79. The van der Waals surface area contributed by atoms with Gasteiger partial charge in [0.1, 0.15) is 5.75 Å². The van der Waals surface area contributed by atoms with Gasteiger partial charge in [-0.3, -0.25) is 9.78 Å². The van der Waals surface area contributed by atoms with Crippen molar-refractivity contribution < 1.29 is 19.7 Å². The van der Waals surface area contributed by atoms with Crippen LogP contribution in [-0.4, -0.2) is 68.1 Å². The number of fused-ring (bicyclic) bond motifs is 1. The molecule has 1 aliphatic rings. The first-order chi connectivity index (χ1) is 17.4. The third kappa shape index (κ3) is 6.78. The first kappa shape index (κ1) is 26.4. The largest absolute Gasteiger partial charge is 0.497 e. The zero-order valence-corrected chi connectivity index (χ0v) is 21.9. The minimum Gasteiger partial charge on any atom is -0.497 e. The van der Waals surface area contributed by atoms with Crippen molar-refractivity contribution in [3.63, 3.8) is 0 Å². The number of hydrogen-bond acceptors (Lipinski definition) is 7. The van der Waals surface area contributed by atoms with Crippen LogP contribution in [0.25, 0.3) is 10.9 Å². The maximum absolute atomic E-state index is 11.3. The minimum atomic E-state index is -0.741. The number of benzene rings is 1. The zero-order chi connectivity index (χ0) is 25.5. The second-order valence-electron chi connectivity index (χ2n) is 9.61. The smallest absolute Gasteiger partial charge is 0.303 e. The van der Waals surface area contributed by atoms with E-state index in [0.717, 1.165) is 65.5 Å². The number of aliphatic carboxylic acids is 1. The van der Waals surface area contributed by atoms with E-state index in [-0.39, 0.29) is 6.42 Å². The lowest BCUT2D eigenvalue weighted by Gasteiger charge is -2.39. The second kappa shape index (κ2) is 12.6. The van der Waals surface area contributed by atoms with Crippen LogP contribution in [0.15, 0.2) is 48.0 Å². The molecule has 0 unspecified atom stereocenters. The molecule has 0 bridgehead atoms. The second-order valence-corrected chi connectivity index (χ2v) is 10.7. The Labute approximate surface area is 216 Å². The topological polar surface area (TPSA) is 101 Å². The Kier molecular flexibility index (Phi) is 9.23. The van der Waals surface area contributed by atoms with Crippen LogP contribution < -0.4 is 4.74 Å². The van der Waals surface area contributed by atoms with E-state index in [1.807, 2.05) is 48.4 Å². The molecule has 1 saturated heterocycles. The number of nitrogens with zero attached hydrogens (tertiary/aromatic N) is 4. The Hall–Kier alpha value is -2.62. The fourth-order valence-corrected chi connectivity index (χ4v) is 6.17. The van der Waals surface area contributed by atoms with Gasteiger partial charge >= 0.3 is 5.97 Å². The number of aromatic nitrogens is 3. The monoisotopic (exact) mass is 512 g/mol. The average Bonchev–Trinajstić information content (AvgIpc) is 3.30. The summed E-state index contributed by atoms with van der Waals surface area (Å²) in [5, 5.41) is 22.5. The van der Waals surface area contributed by atoms with Crippen LogP contribution in [0.5, 0.6) is 5.75 Å². The van der Waals surface area contributed by atoms with Gasteiger partial charge in [-0.1, -0.05) is 0 Å². The number of aliphatic hydroxyl groups is 1. The van der Waals surface area contributed by atoms with E-state index in [2.05, 4.69) is 14.9 Å². The van der Waals surface area contributed by atoms with Crippen molar-refractivity contribution in [1.82, 2.24) is 19.4 Å². The van der Waals surface area contributed by atoms with Gasteiger partial charge in [-0.15, -0.1) is 11.8 Å². The van der Waals surface area contributed by atoms with Crippen molar-refractivity contribution in [2.24, 2.45) is 18.9 Å². The average molecular weight is 513 g/mol. The molecule has 36 heavy (non-hydrogen) atoms. The Morgan fingerprint density at radius 3 is 2.89 bits per heavy atom. The van der Waals surface area contributed by atoms with Gasteiger partial charge in [-0.05, 0) is 73.9 Å². The molecule has 0 amide bonds. The van der Waals surface area contributed by atoms with E-state index < -0.39 is 12.1 Å². The number of methoxy groups -OCH3 is 1. The molecule has 2 N–H and O–H groups in total. The van der Waals surface area contributed by atoms with E-state index in [0.29, 0.717) is 24.7 Å². The number of likely N-dealkylation sites (tertiary alicyclic amines) is 1.